The van der Waals surface area contributed by atoms with Crippen LogP contribution in [0, 0.1) is 0 Å². The third kappa shape index (κ3) is 2.37. The van der Waals surface area contributed by atoms with Crippen LogP contribution >= 0.6 is 0 Å². The third-order valence-electron chi connectivity index (χ3n) is 4.93. The first-order chi connectivity index (χ1) is 11.8. The van der Waals surface area contributed by atoms with Crippen molar-refractivity contribution in [1.29, 1.82) is 0 Å². The molecule has 0 aromatic heterocycles. The van der Waals surface area contributed by atoms with Crippen LogP contribution in [0.1, 0.15) is 55.1 Å². The molecule has 3 heterocycles. The lowest BCUT2D eigenvalue weighted by atomic mass is 9.84. The molecule has 25 heavy (non-hydrogen) atoms. The van der Waals surface area contributed by atoms with Crippen molar-refractivity contribution in [3.63, 3.8) is 0 Å². The maximum absolute atomic E-state index is 13.0. The summed E-state index contributed by atoms with van der Waals surface area (Å²) in [6.07, 6.45) is 0.581. The van der Waals surface area contributed by atoms with Gasteiger partial charge in [0.15, 0.2) is 11.5 Å². The fraction of sp³-hybridized carbons (Fsp3) is 0.500. The number of nitrogens with one attached hydrogen (secondary N) is 1. The standard InChI is InChI=1S/C18H20N2O5/c1-18(2,3)10-6-9-7-20(11-4-5-12(21)19-16(11)22)17(23)13(9)15-14(10)24-8-25-15/h6,11H,4-5,7-8H2,1-3H3,(H,19,21,22). The number of imide groups is 1. The molecule has 1 fully saturated rings. The maximum atomic E-state index is 13.0. The number of piperidine rings is 1. The van der Waals surface area contributed by atoms with Crippen LogP contribution in [-0.2, 0) is 21.5 Å². The molecule has 1 atom stereocenters. The second-order valence-corrected chi connectivity index (χ2v) is 7.67. The Morgan fingerprint density at radius 3 is 2.56 bits per heavy atom. The summed E-state index contributed by atoms with van der Waals surface area (Å²) in [4.78, 5) is 38.0. The highest BCUT2D eigenvalue weighted by atomic mass is 16.7. The van der Waals surface area contributed by atoms with Gasteiger partial charge in [0.05, 0.1) is 5.56 Å². The maximum Gasteiger partial charge on any atom is 0.259 e. The van der Waals surface area contributed by atoms with Crippen LogP contribution in [0.2, 0.25) is 0 Å². The highest BCUT2D eigenvalue weighted by Gasteiger charge is 2.43. The van der Waals surface area contributed by atoms with Gasteiger partial charge in [-0.25, -0.2) is 0 Å². The van der Waals surface area contributed by atoms with E-state index in [4.69, 9.17) is 9.47 Å². The van der Waals surface area contributed by atoms with Crippen LogP contribution in [0.25, 0.3) is 0 Å². The molecule has 0 saturated carbocycles. The van der Waals surface area contributed by atoms with E-state index in [9.17, 15) is 14.4 Å². The Labute approximate surface area is 145 Å². The van der Waals surface area contributed by atoms with Gasteiger partial charge in [-0.2, -0.15) is 0 Å². The third-order valence-corrected chi connectivity index (χ3v) is 4.93. The number of amides is 3. The van der Waals surface area contributed by atoms with E-state index in [1.807, 2.05) is 6.07 Å². The topological polar surface area (TPSA) is 84.9 Å². The average molecular weight is 344 g/mol. The van der Waals surface area contributed by atoms with Gasteiger partial charge in [0, 0.05) is 18.5 Å². The van der Waals surface area contributed by atoms with E-state index < -0.39 is 11.9 Å². The van der Waals surface area contributed by atoms with Crippen LogP contribution < -0.4 is 14.8 Å². The average Bonchev–Trinajstić information content (AvgIpc) is 3.10. The molecule has 1 N–H and O–H groups in total. The summed E-state index contributed by atoms with van der Waals surface area (Å²) in [7, 11) is 0. The van der Waals surface area contributed by atoms with Crippen molar-refractivity contribution in [2.24, 2.45) is 0 Å². The number of nitrogens with zero attached hydrogens (tertiary/aromatic N) is 1. The number of rotatable bonds is 1. The minimum absolute atomic E-state index is 0.0839. The quantitative estimate of drug-likeness (QED) is 0.780. The number of benzene rings is 1. The summed E-state index contributed by atoms with van der Waals surface area (Å²) in [6.45, 7) is 6.64. The summed E-state index contributed by atoms with van der Waals surface area (Å²) in [6, 6.07) is 1.35. The van der Waals surface area contributed by atoms with Crippen molar-refractivity contribution < 1.29 is 23.9 Å². The van der Waals surface area contributed by atoms with Crippen molar-refractivity contribution >= 4 is 17.7 Å². The minimum Gasteiger partial charge on any atom is -0.453 e. The van der Waals surface area contributed by atoms with E-state index in [0.717, 1.165) is 11.1 Å². The first-order valence-electron chi connectivity index (χ1n) is 8.38. The molecule has 1 saturated heterocycles. The SMILES string of the molecule is CC(C)(C)c1cc2c(c3c1OCO3)C(=O)N(C1CCC(=O)NC1=O)C2. The number of hydrogen-bond acceptors (Lipinski definition) is 5. The molecular weight excluding hydrogens is 324 g/mol. The fourth-order valence-electron chi connectivity index (χ4n) is 3.67. The molecule has 1 aromatic carbocycles. The zero-order valence-electron chi connectivity index (χ0n) is 14.5. The van der Waals surface area contributed by atoms with Gasteiger partial charge in [0.25, 0.3) is 5.91 Å². The lowest BCUT2D eigenvalue weighted by molar-refractivity contribution is -0.136. The van der Waals surface area contributed by atoms with E-state index in [1.165, 1.54) is 4.90 Å². The zero-order valence-corrected chi connectivity index (χ0v) is 14.5. The van der Waals surface area contributed by atoms with Gasteiger partial charge < -0.3 is 14.4 Å². The second kappa shape index (κ2) is 5.21. The fourth-order valence-corrected chi connectivity index (χ4v) is 3.67. The van der Waals surface area contributed by atoms with Gasteiger partial charge in [-0.3, -0.25) is 19.7 Å². The van der Waals surface area contributed by atoms with E-state index >= 15 is 0 Å². The largest absolute Gasteiger partial charge is 0.453 e. The van der Waals surface area contributed by atoms with E-state index in [2.05, 4.69) is 26.1 Å². The van der Waals surface area contributed by atoms with Crippen LogP contribution in [0.3, 0.4) is 0 Å². The Balaban J connectivity index is 1.75. The first-order valence-corrected chi connectivity index (χ1v) is 8.38. The van der Waals surface area contributed by atoms with Gasteiger partial charge in [-0.15, -0.1) is 0 Å². The number of carbonyl (C=O) groups is 3. The van der Waals surface area contributed by atoms with Crippen molar-refractivity contribution in [2.75, 3.05) is 6.79 Å². The molecule has 0 spiro atoms. The summed E-state index contributed by atoms with van der Waals surface area (Å²) >= 11 is 0. The van der Waals surface area contributed by atoms with Crippen molar-refractivity contribution in [2.45, 2.75) is 51.6 Å². The van der Waals surface area contributed by atoms with Crippen LogP contribution in [0.15, 0.2) is 6.07 Å². The monoisotopic (exact) mass is 344 g/mol. The molecule has 7 heteroatoms. The Bertz CT molecular complexity index is 809. The summed E-state index contributed by atoms with van der Waals surface area (Å²) in [5.74, 6) is 0.138. The highest BCUT2D eigenvalue weighted by molar-refractivity contribution is 6.07. The zero-order chi connectivity index (χ0) is 17.9. The van der Waals surface area contributed by atoms with Gasteiger partial charge in [0.1, 0.15) is 6.04 Å². The molecule has 3 amide bonds. The lowest BCUT2D eigenvalue weighted by Crippen LogP contribution is -2.52. The second-order valence-electron chi connectivity index (χ2n) is 7.67. The molecule has 3 aliphatic heterocycles. The molecule has 1 unspecified atom stereocenters. The van der Waals surface area contributed by atoms with E-state index in [-0.39, 0.29) is 30.4 Å². The van der Waals surface area contributed by atoms with Crippen LogP contribution in [-0.4, -0.2) is 35.5 Å². The Morgan fingerprint density at radius 2 is 1.88 bits per heavy atom. The molecule has 4 rings (SSSR count). The molecule has 7 nitrogen and oxygen atoms in total. The number of carbonyl (C=O) groups excluding carboxylic acids is 3. The summed E-state index contributed by atoms with van der Waals surface area (Å²) in [5, 5.41) is 2.31. The minimum atomic E-state index is -0.631. The molecule has 0 bridgehead atoms. The Kier molecular flexibility index (Phi) is 3.32. The summed E-state index contributed by atoms with van der Waals surface area (Å²) in [5.41, 5.74) is 2.13. The number of ether oxygens (including phenoxy) is 2. The van der Waals surface area contributed by atoms with Crippen molar-refractivity contribution in [3.05, 3.63) is 22.8 Å². The molecule has 0 aliphatic carbocycles. The predicted octanol–water partition coefficient (Wildman–Crippen LogP) is 1.47. The Hall–Kier alpha value is -2.57. The van der Waals surface area contributed by atoms with Crippen molar-refractivity contribution in [1.82, 2.24) is 10.2 Å². The molecule has 0 radical (unpaired) electrons. The van der Waals surface area contributed by atoms with Gasteiger partial charge in [-0.05, 0) is 23.5 Å². The van der Waals surface area contributed by atoms with Gasteiger partial charge >= 0.3 is 0 Å². The van der Waals surface area contributed by atoms with Crippen LogP contribution in [0.4, 0.5) is 0 Å². The smallest absolute Gasteiger partial charge is 0.259 e. The van der Waals surface area contributed by atoms with E-state index in [1.54, 1.807) is 0 Å². The van der Waals surface area contributed by atoms with Gasteiger partial charge in [0.2, 0.25) is 18.6 Å². The highest BCUT2D eigenvalue weighted by Crippen LogP contribution is 2.48. The van der Waals surface area contributed by atoms with Crippen molar-refractivity contribution in [3.8, 4) is 11.5 Å². The van der Waals surface area contributed by atoms with E-state index in [0.29, 0.717) is 30.0 Å². The Morgan fingerprint density at radius 1 is 1.16 bits per heavy atom. The lowest BCUT2D eigenvalue weighted by Gasteiger charge is -2.29. The van der Waals surface area contributed by atoms with Crippen LogP contribution in [0.5, 0.6) is 11.5 Å². The summed E-state index contributed by atoms with van der Waals surface area (Å²) < 4.78 is 11.2. The molecular formula is C18H20N2O5. The number of fused-ring (bicyclic) bond motifs is 3. The van der Waals surface area contributed by atoms with Gasteiger partial charge in [-0.1, -0.05) is 20.8 Å². The predicted molar refractivity (Wildman–Crippen MR) is 87.3 cm³/mol. The normalized spacial score (nSPS) is 22.3. The molecule has 3 aliphatic rings. The molecule has 132 valence electrons. The number of hydrogen-bond donors (Lipinski definition) is 1. The first kappa shape index (κ1) is 15.9. The molecule has 1 aromatic rings.